The van der Waals surface area contributed by atoms with Crippen LogP contribution in [0.2, 0.25) is 0 Å². The van der Waals surface area contributed by atoms with Crippen LogP contribution in [0.1, 0.15) is 15.9 Å². The Hall–Kier alpha value is -4.20. The molecule has 0 aliphatic carbocycles. The molecular formula is C30H24BrN3O3. The Balaban J connectivity index is 1.39. The van der Waals surface area contributed by atoms with Crippen LogP contribution in [0.15, 0.2) is 107 Å². The van der Waals surface area contributed by atoms with Crippen LogP contribution in [0, 0.1) is 0 Å². The normalized spacial score (nSPS) is 11.5. The van der Waals surface area contributed by atoms with E-state index in [0.717, 1.165) is 48.7 Å². The van der Waals surface area contributed by atoms with E-state index in [4.69, 9.17) is 9.94 Å². The summed E-state index contributed by atoms with van der Waals surface area (Å²) >= 11 is 3.55. The lowest BCUT2D eigenvalue weighted by molar-refractivity contribution is 0.0706. The first-order chi connectivity index (χ1) is 18.1. The van der Waals surface area contributed by atoms with Gasteiger partial charge in [-0.05, 0) is 62.8 Å². The Morgan fingerprint density at radius 2 is 1.70 bits per heavy atom. The van der Waals surface area contributed by atoms with Gasteiger partial charge in [0.1, 0.15) is 12.4 Å². The number of carbonyl (C=O) groups is 1. The topological polar surface area (TPSA) is 83.5 Å². The van der Waals surface area contributed by atoms with Crippen LogP contribution in [0.25, 0.3) is 27.8 Å². The Morgan fingerprint density at radius 3 is 2.54 bits per heavy atom. The molecule has 0 saturated heterocycles. The number of benzene rings is 4. The van der Waals surface area contributed by atoms with Crippen molar-refractivity contribution in [2.24, 2.45) is 0 Å². The molecule has 5 aromatic rings. The summed E-state index contributed by atoms with van der Waals surface area (Å²) < 4.78 is 7.24. The fourth-order valence-corrected chi connectivity index (χ4v) is 4.59. The van der Waals surface area contributed by atoms with E-state index in [1.165, 1.54) is 0 Å². The van der Waals surface area contributed by atoms with Gasteiger partial charge in [-0.3, -0.25) is 15.0 Å². The van der Waals surface area contributed by atoms with Crippen LogP contribution < -0.4 is 15.5 Å². The molecule has 0 spiro atoms. The van der Waals surface area contributed by atoms with Crippen LogP contribution >= 0.6 is 15.9 Å². The molecule has 7 heteroatoms. The van der Waals surface area contributed by atoms with Gasteiger partial charge in [0.15, 0.2) is 0 Å². The fourth-order valence-electron chi connectivity index (χ4n) is 4.10. The predicted molar refractivity (Wildman–Crippen MR) is 151 cm³/mol. The number of rotatable bonds is 8. The maximum absolute atomic E-state index is 11.7. The molecule has 0 unspecified atom stereocenters. The first-order valence-corrected chi connectivity index (χ1v) is 12.5. The zero-order chi connectivity index (χ0) is 25.6. The Kier molecular flexibility index (Phi) is 7.44. The van der Waals surface area contributed by atoms with Gasteiger partial charge in [0.2, 0.25) is 0 Å². The van der Waals surface area contributed by atoms with E-state index in [1.807, 2.05) is 66.9 Å². The van der Waals surface area contributed by atoms with Crippen LogP contribution in [0.4, 0.5) is 5.69 Å². The summed E-state index contributed by atoms with van der Waals surface area (Å²) in [7, 11) is 0. The van der Waals surface area contributed by atoms with Crippen LogP contribution in [0.5, 0.6) is 5.75 Å². The number of hydrogen-bond donors (Lipinski definition) is 3. The second-order valence-electron chi connectivity index (χ2n) is 8.52. The van der Waals surface area contributed by atoms with E-state index in [9.17, 15) is 4.79 Å². The zero-order valence-electron chi connectivity index (χ0n) is 19.8. The molecule has 37 heavy (non-hydrogen) atoms. The summed E-state index contributed by atoms with van der Waals surface area (Å²) in [5, 5.41) is 15.6. The number of ether oxygens (including phenoxy) is 1. The van der Waals surface area contributed by atoms with Crippen molar-refractivity contribution in [3.05, 3.63) is 118 Å². The summed E-state index contributed by atoms with van der Waals surface area (Å²) in [5.41, 5.74) is 5.75. The van der Waals surface area contributed by atoms with Gasteiger partial charge in [0.25, 0.3) is 5.91 Å². The Morgan fingerprint density at radius 1 is 0.946 bits per heavy atom. The lowest BCUT2D eigenvalue weighted by Gasteiger charge is -2.14. The van der Waals surface area contributed by atoms with Crippen molar-refractivity contribution in [3.8, 4) is 5.75 Å². The highest BCUT2D eigenvalue weighted by molar-refractivity contribution is 9.10. The molecule has 0 atom stereocenters. The third-order valence-electron chi connectivity index (χ3n) is 5.99. The highest BCUT2D eigenvalue weighted by atomic mass is 79.9. The molecule has 3 N–H and O–H groups in total. The molecule has 6 nitrogen and oxygen atoms in total. The standard InChI is InChI=1S/C30H24BrN3O3/c31-27-9-3-7-24-16-25(18-33-29(24)27)32-17-21(15-20-11-13-23(14-12-20)30(35)34-36)19-37-28-10-4-6-22-5-1-2-8-26(22)28/h1-16,18,32,36H,17,19H2,(H,34,35)/b21-15+. The van der Waals surface area contributed by atoms with Crippen LogP contribution in [-0.2, 0) is 0 Å². The van der Waals surface area contributed by atoms with Gasteiger partial charge in [-0.2, -0.15) is 0 Å². The van der Waals surface area contributed by atoms with E-state index in [2.05, 4.69) is 50.5 Å². The van der Waals surface area contributed by atoms with Gasteiger partial charge in [-0.25, -0.2) is 5.48 Å². The smallest absolute Gasteiger partial charge is 0.274 e. The predicted octanol–water partition coefficient (Wildman–Crippen LogP) is 6.84. The molecule has 0 aliphatic heterocycles. The van der Waals surface area contributed by atoms with Gasteiger partial charge in [0.05, 0.1) is 17.4 Å². The minimum absolute atomic E-state index is 0.368. The van der Waals surface area contributed by atoms with Gasteiger partial charge in [-0.15, -0.1) is 0 Å². The molecule has 5 rings (SSSR count). The monoisotopic (exact) mass is 553 g/mol. The number of nitrogens with zero attached hydrogens (tertiary/aromatic N) is 1. The number of halogens is 1. The average molecular weight is 554 g/mol. The molecule has 0 saturated carbocycles. The van der Waals surface area contributed by atoms with E-state index in [-0.39, 0.29) is 0 Å². The molecule has 1 aromatic heterocycles. The summed E-state index contributed by atoms with van der Waals surface area (Å²) in [6, 6.07) is 29.2. The number of amides is 1. The third kappa shape index (κ3) is 5.80. The maximum Gasteiger partial charge on any atom is 0.274 e. The molecule has 0 bridgehead atoms. The molecule has 1 amide bonds. The highest BCUT2D eigenvalue weighted by Crippen LogP contribution is 2.27. The number of aromatic nitrogens is 1. The molecule has 0 aliphatic rings. The van der Waals surface area contributed by atoms with Crippen molar-refractivity contribution in [1.29, 1.82) is 0 Å². The average Bonchev–Trinajstić information content (AvgIpc) is 2.94. The quantitative estimate of drug-likeness (QED) is 0.145. The second kappa shape index (κ2) is 11.2. The first-order valence-electron chi connectivity index (χ1n) is 11.7. The Labute approximate surface area is 222 Å². The van der Waals surface area contributed by atoms with E-state index >= 15 is 0 Å². The van der Waals surface area contributed by atoms with E-state index < -0.39 is 5.91 Å². The van der Waals surface area contributed by atoms with Crippen molar-refractivity contribution < 1.29 is 14.7 Å². The number of anilines is 1. The lowest BCUT2D eigenvalue weighted by Crippen LogP contribution is -2.18. The van der Waals surface area contributed by atoms with Crippen molar-refractivity contribution >= 4 is 55.3 Å². The number of hydroxylamine groups is 1. The van der Waals surface area contributed by atoms with Crippen molar-refractivity contribution in [2.75, 3.05) is 18.5 Å². The molecule has 0 radical (unpaired) electrons. The lowest BCUT2D eigenvalue weighted by atomic mass is 10.1. The second-order valence-corrected chi connectivity index (χ2v) is 9.37. The summed E-state index contributed by atoms with van der Waals surface area (Å²) in [6.07, 6.45) is 3.85. The highest BCUT2D eigenvalue weighted by Gasteiger charge is 2.08. The van der Waals surface area contributed by atoms with Crippen molar-refractivity contribution in [2.45, 2.75) is 0 Å². The van der Waals surface area contributed by atoms with Crippen LogP contribution in [-0.4, -0.2) is 29.3 Å². The number of para-hydroxylation sites is 1. The Bertz CT molecular complexity index is 1590. The molecule has 184 valence electrons. The van der Waals surface area contributed by atoms with Gasteiger partial charge >= 0.3 is 0 Å². The van der Waals surface area contributed by atoms with Crippen molar-refractivity contribution in [3.63, 3.8) is 0 Å². The molecule has 0 fully saturated rings. The van der Waals surface area contributed by atoms with Gasteiger partial charge in [0, 0.05) is 27.4 Å². The number of hydrogen-bond acceptors (Lipinski definition) is 5. The number of carbonyl (C=O) groups excluding carboxylic acids is 1. The maximum atomic E-state index is 11.7. The van der Waals surface area contributed by atoms with E-state index in [1.54, 1.807) is 17.6 Å². The minimum atomic E-state index is -0.549. The first kappa shape index (κ1) is 24.5. The van der Waals surface area contributed by atoms with Crippen LogP contribution in [0.3, 0.4) is 0 Å². The summed E-state index contributed by atoms with van der Waals surface area (Å²) in [4.78, 5) is 16.3. The van der Waals surface area contributed by atoms with Gasteiger partial charge in [-0.1, -0.05) is 66.7 Å². The van der Waals surface area contributed by atoms with E-state index in [0.29, 0.717) is 18.7 Å². The number of nitrogens with one attached hydrogen (secondary N) is 2. The molecular weight excluding hydrogens is 530 g/mol. The molecule has 1 heterocycles. The molecule has 4 aromatic carbocycles. The number of fused-ring (bicyclic) bond motifs is 2. The zero-order valence-corrected chi connectivity index (χ0v) is 21.4. The summed E-state index contributed by atoms with van der Waals surface area (Å²) in [5.74, 6) is 0.267. The number of pyridine rings is 1. The fraction of sp³-hybridized carbons (Fsp3) is 0.0667. The SMILES string of the molecule is O=C(NO)c1ccc(/C=C(\CNc2cnc3c(Br)cccc3c2)COc2cccc3ccccc23)cc1. The largest absolute Gasteiger partial charge is 0.489 e. The third-order valence-corrected chi connectivity index (χ3v) is 6.63. The summed E-state index contributed by atoms with van der Waals surface area (Å²) in [6.45, 7) is 0.900. The van der Waals surface area contributed by atoms with Gasteiger partial charge < -0.3 is 10.1 Å². The minimum Gasteiger partial charge on any atom is -0.489 e. The van der Waals surface area contributed by atoms with Crippen molar-refractivity contribution in [1.82, 2.24) is 10.5 Å².